The Morgan fingerprint density at radius 3 is 2.06 bits per heavy atom. The molecule has 0 amide bonds. The highest BCUT2D eigenvalue weighted by Gasteiger charge is 2.03. The van der Waals surface area contributed by atoms with Crippen LogP contribution in [0.1, 0.15) is 0 Å². The first kappa shape index (κ1) is 13.1. The fraction of sp³-hybridized carbons (Fsp3) is 0. The zero-order valence-electron chi connectivity index (χ0n) is 8.98. The van der Waals surface area contributed by atoms with Crippen LogP contribution in [0.3, 0.4) is 0 Å². The minimum atomic E-state index is -0.409. The van der Waals surface area contributed by atoms with E-state index >= 15 is 0 Å². The molecule has 0 aliphatic heterocycles. The van der Waals surface area contributed by atoms with Crippen LogP contribution in [-0.4, -0.2) is 0 Å². The normalized spacial score (nSPS) is 10.2. The van der Waals surface area contributed by atoms with Crippen molar-refractivity contribution in [2.45, 2.75) is 0 Å². The number of hydrazine groups is 1. The summed E-state index contributed by atoms with van der Waals surface area (Å²) < 4.78 is 26.3. The summed E-state index contributed by atoms with van der Waals surface area (Å²) in [6.45, 7) is 0. The molecular weight excluding hydrogens is 325 g/mol. The maximum absolute atomic E-state index is 12.9. The molecule has 0 fully saturated rings. The smallest absolute Gasteiger partial charge is 0.124 e. The number of rotatable bonds is 3. The van der Waals surface area contributed by atoms with Crippen molar-refractivity contribution in [3.8, 4) is 0 Å². The molecule has 0 saturated heterocycles. The van der Waals surface area contributed by atoms with Crippen LogP contribution in [0.25, 0.3) is 0 Å². The van der Waals surface area contributed by atoms with Gasteiger partial charge in [-0.25, -0.2) is 8.78 Å². The van der Waals surface area contributed by atoms with Crippen molar-refractivity contribution in [2.24, 2.45) is 0 Å². The standard InChI is InChI=1S/C12H8BrClF2N2/c13-9-5-7(15)1-3-11(9)17-18-12-4-2-8(16)6-10(12)14/h1-6,17-18H. The number of nitrogens with one attached hydrogen (secondary N) is 2. The maximum Gasteiger partial charge on any atom is 0.124 e. The minimum Gasteiger partial charge on any atom is -0.300 e. The first-order valence-electron chi connectivity index (χ1n) is 4.98. The topological polar surface area (TPSA) is 24.1 Å². The SMILES string of the molecule is Fc1ccc(NNc2ccc(F)cc2Br)c(Cl)c1. The molecule has 2 N–H and O–H groups in total. The van der Waals surface area contributed by atoms with Gasteiger partial charge >= 0.3 is 0 Å². The van der Waals surface area contributed by atoms with E-state index in [0.29, 0.717) is 15.8 Å². The predicted molar refractivity (Wildman–Crippen MR) is 72.8 cm³/mol. The Kier molecular flexibility index (Phi) is 4.04. The minimum absolute atomic E-state index is 0.251. The van der Waals surface area contributed by atoms with Gasteiger partial charge in [0.1, 0.15) is 11.6 Å². The summed E-state index contributed by atoms with van der Waals surface area (Å²) in [4.78, 5) is 0. The molecule has 94 valence electrons. The summed E-state index contributed by atoms with van der Waals surface area (Å²) in [6, 6.07) is 8.20. The van der Waals surface area contributed by atoms with Gasteiger partial charge in [0.15, 0.2) is 0 Å². The molecule has 0 aromatic heterocycles. The van der Waals surface area contributed by atoms with Crippen LogP contribution in [0.2, 0.25) is 5.02 Å². The lowest BCUT2D eigenvalue weighted by molar-refractivity contribution is 0.627. The molecule has 0 radical (unpaired) electrons. The van der Waals surface area contributed by atoms with E-state index in [-0.39, 0.29) is 10.8 Å². The lowest BCUT2D eigenvalue weighted by Crippen LogP contribution is -2.09. The third kappa shape index (κ3) is 3.11. The van der Waals surface area contributed by atoms with Crippen molar-refractivity contribution in [1.29, 1.82) is 0 Å². The number of hydrogen-bond donors (Lipinski definition) is 2. The Bertz CT molecular complexity index is 526. The van der Waals surface area contributed by atoms with E-state index in [1.807, 2.05) is 0 Å². The lowest BCUT2D eigenvalue weighted by Gasteiger charge is -2.12. The summed E-state index contributed by atoms with van der Waals surface area (Å²) >= 11 is 9.06. The van der Waals surface area contributed by atoms with Gasteiger partial charge in [-0.3, -0.25) is 10.9 Å². The Labute approximate surface area is 116 Å². The maximum atomic E-state index is 12.9. The largest absolute Gasteiger partial charge is 0.300 e. The molecule has 0 saturated carbocycles. The van der Waals surface area contributed by atoms with Gasteiger partial charge in [-0.15, -0.1) is 0 Å². The van der Waals surface area contributed by atoms with E-state index in [4.69, 9.17) is 11.6 Å². The van der Waals surface area contributed by atoms with E-state index < -0.39 is 5.82 Å². The molecule has 2 nitrogen and oxygen atoms in total. The molecule has 2 rings (SSSR count). The first-order chi connectivity index (χ1) is 8.56. The summed E-state index contributed by atoms with van der Waals surface area (Å²) in [5.41, 5.74) is 6.82. The van der Waals surface area contributed by atoms with Crippen molar-refractivity contribution in [3.05, 3.63) is 57.5 Å². The van der Waals surface area contributed by atoms with Crippen molar-refractivity contribution < 1.29 is 8.78 Å². The lowest BCUT2D eigenvalue weighted by atomic mass is 10.3. The van der Waals surface area contributed by atoms with Gasteiger partial charge < -0.3 is 0 Å². The predicted octanol–water partition coefficient (Wildman–Crippen LogP) is 4.82. The number of hydrogen-bond acceptors (Lipinski definition) is 2. The van der Waals surface area contributed by atoms with Crippen molar-refractivity contribution >= 4 is 38.9 Å². The van der Waals surface area contributed by atoms with Crippen LogP contribution in [-0.2, 0) is 0 Å². The fourth-order valence-electron chi connectivity index (χ4n) is 1.32. The van der Waals surface area contributed by atoms with Gasteiger partial charge in [-0.1, -0.05) is 11.6 Å². The highest BCUT2D eigenvalue weighted by molar-refractivity contribution is 9.10. The van der Waals surface area contributed by atoms with Gasteiger partial charge in [-0.2, -0.15) is 0 Å². The Morgan fingerprint density at radius 2 is 1.44 bits per heavy atom. The Balaban J connectivity index is 2.11. The van der Waals surface area contributed by atoms with E-state index in [1.165, 1.54) is 30.3 Å². The summed E-state index contributed by atoms with van der Waals surface area (Å²) in [5.74, 6) is -0.749. The second kappa shape index (κ2) is 5.54. The second-order valence-electron chi connectivity index (χ2n) is 3.50. The monoisotopic (exact) mass is 332 g/mol. The molecule has 0 unspecified atom stereocenters. The number of anilines is 2. The van der Waals surface area contributed by atoms with E-state index in [2.05, 4.69) is 26.8 Å². The Hall–Kier alpha value is -1.33. The molecule has 0 atom stereocenters. The van der Waals surface area contributed by atoms with E-state index in [1.54, 1.807) is 6.07 Å². The number of benzene rings is 2. The molecule has 0 heterocycles. The van der Waals surface area contributed by atoms with Crippen molar-refractivity contribution in [2.75, 3.05) is 10.9 Å². The summed E-state index contributed by atoms with van der Waals surface area (Å²) in [5, 5.41) is 0.251. The van der Waals surface area contributed by atoms with Crippen LogP contribution in [0.5, 0.6) is 0 Å². The van der Waals surface area contributed by atoms with Gasteiger partial charge in [0.2, 0.25) is 0 Å². The second-order valence-corrected chi connectivity index (χ2v) is 4.76. The summed E-state index contributed by atoms with van der Waals surface area (Å²) in [6.07, 6.45) is 0. The zero-order chi connectivity index (χ0) is 13.1. The van der Waals surface area contributed by atoms with Crippen molar-refractivity contribution in [3.63, 3.8) is 0 Å². The zero-order valence-corrected chi connectivity index (χ0v) is 11.3. The number of halogens is 4. The molecule has 6 heteroatoms. The Morgan fingerprint density at radius 1 is 0.889 bits per heavy atom. The quantitative estimate of drug-likeness (QED) is 0.787. The third-order valence-electron chi connectivity index (χ3n) is 2.19. The highest BCUT2D eigenvalue weighted by atomic mass is 79.9. The van der Waals surface area contributed by atoms with E-state index in [9.17, 15) is 8.78 Å². The average molecular weight is 334 g/mol. The molecule has 18 heavy (non-hydrogen) atoms. The van der Waals surface area contributed by atoms with E-state index in [0.717, 1.165) is 0 Å². The molecule has 2 aromatic rings. The highest BCUT2D eigenvalue weighted by Crippen LogP contribution is 2.25. The van der Waals surface area contributed by atoms with Gasteiger partial charge in [0, 0.05) is 4.47 Å². The van der Waals surface area contributed by atoms with Gasteiger partial charge in [0.25, 0.3) is 0 Å². The van der Waals surface area contributed by atoms with Crippen molar-refractivity contribution in [1.82, 2.24) is 0 Å². The molecule has 0 bridgehead atoms. The average Bonchev–Trinajstić information content (AvgIpc) is 2.30. The van der Waals surface area contributed by atoms with Crippen LogP contribution in [0, 0.1) is 11.6 Å². The van der Waals surface area contributed by atoms with Crippen LogP contribution >= 0.6 is 27.5 Å². The van der Waals surface area contributed by atoms with Gasteiger partial charge in [-0.05, 0) is 52.3 Å². The fourth-order valence-corrected chi connectivity index (χ4v) is 1.98. The third-order valence-corrected chi connectivity index (χ3v) is 3.16. The van der Waals surface area contributed by atoms with Crippen LogP contribution in [0.15, 0.2) is 40.9 Å². The van der Waals surface area contributed by atoms with Crippen LogP contribution in [0.4, 0.5) is 20.2 Å². The molecule has 0 spiro atoms. The molecule has 0 aliphatic carbocycles. The first-order valence-corrected chi connectivity index (χ1v) is 6.15. The summed E-state index contributed by atoms with van der Waals surface area (Å²) in [7, 11) is 0. The molecule has 2 aromatic carbocycles. The van der Waals surface area contributed by atoms with Crippen LogP contribution < -0.4 is 10.9 Å². The molecule has 0 aliphatic rings. The van der Waals surface area contributed by atoms with Gasteiger partial charge in [0.05, 0.1) is 16.4 Å². The molecular formula is C12H8BrClF2N2.